The van der Waals surface area contributed by atoms with Gasteiger partial charge in [0.25, 0.3) is 0 Å². The van der Waals surface area contributed by atoms with Crippen molar-refractivity contribution in [3.05, 3.63) is 0 Å². The summed E-state index contributed by atoms with van der Waals surface area (Å²) in [5, 5.41) is 0. The molecule has 2 nitrogen and oxygen atoms in total. The van der Waals surface area contributed by atoms with Crippen LogP contribution in [0.4, 0.5) is 0 Å². The minimum Gasteiger partial charge on any atom is -0.298 e. The SMILES string of the molecule is CCC1CN2CCCCC2CN1C1CC1. The average Bonchev–Trinajstić information content (AvgIpc) is 3.11. The molecular formula is C13H24N2. The summed E-state index contributed by atoms with van der Waals surface area (Å²) in [6.07, 6.45) is 8.67. The third-order valence-electron chi connectivity index (χ3n) is 4.57. The largest absolute Gasteiger partial charge is 0.298 e. The van der Waals surface area contributed by atoms with Crippen molar-refractivity contribution in [2.75, 3.05) is 19.6 Å². The van der Waals surface area contributed by atoms with Crippen molar-refractivity contribution in [1.82, 2.24) is 9.80 Å². The van der Waals surface area contributed by atoms with Gasteiger partial charge >= 0.3 is 0 Å². The number of piperidine rings is 1. The van der Waals surface area contributed by atoms with Crippen molar-refractivity contribution in [2.24, 2.45) is 0 Å². The van der Waals surface area contributed by atoms with Crippen LogP contribution in [0, 0.1) is 0 Å². The van der Waals surface area contributed by atoms with Gasteiger partial charge in [0.2, 0.25) is 0 Å². The molecule has 15 heavy (non-hydrogen) atoms. The summed E-state index contributed by atoms with van der Waals surface area (Å²) < 4.78 is 0. The standard InChI is InChI=1S/C13H24N2/c1-2-11-9-14-8-4-3-5-13(14)10-15(11)12-6-7-12/h11-13H,2-10H2,1H3. The Balaban J connectivity index is 1.69. The van der Waals surface area contributed by atoms with Gasteiger partial charge in [0.1, 0.15) is 0 Å². The summed E-state index contributed by atoms with van der Waals surface area (Å²) in [4.78, 5) is 5.61. The molecule has 0 aromatic rings. The fourth-order valence-corrected chi connectivity index (χ4v) is 3.49. The number of fused-ring (bicyclic) bond motifs is 1. The van der Waals surface area contributed by atoms with Crippen LogP contribution in [0.1, 0.15) is 45.4 Å². The number of hydrogen-bond acceptors (Lipinski definition) is 2. The van der Waals surface area contributed by atoms with E-state index in [9.17, 15) is 0 Å². The lowest BCUT2D eigenvalue weighted by Crippen LogP contribution is -2.59. The van der Waals surface area contributed by atoms with E-state index >= 15 is 0 Å². The fourth-order valence-electron chi connectivity index (χ4n) is 3.49. The van der Waals surface area contributed by atoms with Crippen LogP contribution in [0.2, 0.25) is 0 Å². The minimum absolute atomic E-state index is 0.867. The van der Waals surface area contributed by atoms with E-state index < -0.39 is 0 Å². The second-order valence-corrected chi connectivity index (χ2v) is 5.63. The van der Waals surface area contributed by atoms with Crippen molar-refractivity contribution in [2.45, 2.75) is 63.6 Å². The molecule has 0 radical (unpaired) electrons. The molecular weight excluding hydrogens is 184 g/mol. The van der Waals surface area contributed by atoms with Crippen LogP contribution < -0.4 is 0 Å². The van der Waals surface area contributed by atoms with Crippen molar-refractivity contribution in [3.63, 3.8) is 0 Å². The molecule has 1 aliphatic carbocycles. The molecule has 0 N–H and O–H groups in total. The molecule has 2 saturated heterocycles. The maximum absolute atomic E-state index is 2.84. The summed E-state index contributed by atoms with van der Waals surface area (Å²) in [5.74, 6) is 0. The van der Waals surface area contributed by atoms with Crippen molar-refractivity contribution in [1.29, 1.82) is 0 Å². The first-order valence-electron chi connectivity index (χ1n) is 6.88. The Bertz CT molecular complexity index is 225. The lowest BCUT2D eigenvalue weighted by atomic mass is 9.95. The zero-order valence-electron chi connectivity index (χ0n) is 9.99. The van der Waals surface area contributed by atoms with Crippen LogP contribution in [0.15, 0.2) is 0 Å². The molecule has 0 aromatic carbocycles. The maximum Gasteiger partial charge on any atom is 0.0224 e. The van der Waals surface area contributed by atoms with Gasteiger partial charge in [0.05, 0.1) is 0 Å². The van der Waals surface area contributed by atoms with Gasteiger partial charge in [-0.1, -0.05) is 13.3 Å². The zero-order chi connectivity index (χ0) is 10.3. The lowest BCUT2D eigenvalue weighted by molar-refractivity contribution is 0.00312. The minimum atomic E-state index is 0.867. The van der Waals surface area contributed by atoms with Crippen LogP contribution in [-0.2, 0) is 0 Å². The van der Waals surface area contributed by atoms with Crippen molar-refractivity contribution < 1.29 is 0 Å². The third kappa shape index (κ3) is 1.94. The molecule has 0 aromatic heterocycles. The Kier molecular flexibility index (Phi) is 2.73. The van der Waals surface area contributed by atoms with Gasteiger partial charge in [-0.2, -0.15) is 0 Å². The van der Waals surface area contributed by atoms with Crippen LogP contribution >= 0.6 is 0 Å². The van der Waals surface area contributed by atoms with Crippen LogP contribution in [-0.4, -0.2) is 47.6 Å². The van der Waals surface area contributed by atoms with E-state index in [0.29, 0.717) is 0 Å². The Hall–Kier alpha value is -0.0800. The first-order chi connectivity index (χ1) is 7.38. The Morgan fingerprint density at radius 3 is 2.60 bits per heavy atom. The van der Waals surface area contributed by atoms with Gasteiger partial charge in [-0.05, 0) is 38.6 Å². The smallest absolute Gasteiger partial charge is 0.0224 e. The first-order valence-corrected chi connectivity index (χ1v) is 6.88. The van der Waals surface area contributed by atoms with Crippen LogP contribution in [0.5, 0.6) is 0 Å². The Morgan fingerprint density at radius 2 is 1.87 bits per heavy atom. The topological polar surface area (TPSA) is 6.48 Å². The summed E-state index contributed by atoms with van der Waals surface area (Å²) in [6.45, 7) is 6.48. The van der Waals surface area contributed by atoms with Gasteiger partial charge in [-0.15, -0.1) is 0 Å². The Morgan fingerprint density at radius 1 is 1.00 bits per heavy atom. The predicted octanol–water partition coefficient (Wildman–Crippen LogP) is 2.10. The Labute approximate surface area is 93.6 Å². The molecule has 2 atom stereocenters. The molecule has 1 saturated carbocycles. The molecule has 3 fully saturated rings. The molecule has 3 rings (SSSR count). The van der Waals surface area contributed by atoms with E-state index in [4.69, 9.17) is 0 Å². The molecule has 0 amide bonds. The molecule has 0 spiro atoms. The monoisotopic (exact) mass is 208 g/mol. The van der Waals surface area contributed by atoms with E-state index in [1.54, 1.807) is 0 Å². The van der Waals surface area contributed by atoms with E-state index in [1.165, 1.54) is 58.2 Å². The average molecular weight is 208 g/mol. The van der Waals surface area contributed by atoms with E-state index in [-0.39, 0.29) is 0 Å². The van der Waals surface area contributed by atoms with Crippen LogP contribution in [0.25, 0.3) is 0 Å². The summed E-state index contributed by atoms with van der Waals surface area (Å²) in [5.41, 5.74) is 0. The predicted molar refractivity (Wildman–Crippen MR) is 63.0 cm³/mol. The summed E-state index contributed by atoms with van der Waals surface area (Å²) in [7, 11) is 0. The zero-order valence-corrected chi connectivity index (χ0v) is 9.99. The van der Waals surface area contributed by atoms with E-state index in [0.717, 1.165) is 18.1 Å². The number of piperazine rings is 1. The van der Waals surface area contributed by atoms with Gasteiger partial charge in [-0.25, -0.2) is 0 Å². The quantitative estimate of drug-likeness (QED) is 0.685. The van der Waals surface area contributed by atoms with Gasteiger partial charge < -0.3 is 0 Å². The van der Waals surface area contributed by atoms with Crippen LogP contribution in [0.3, 0.4) is 0 Å². The van der Waals surface area contributed by atoms with E-state index in [1.807, 2.05) is 0 Å². The highest BCUT2D eigenvalue weighted by Gasteiger charge is 2.40. The first kappa shape index (κ1) is 10.1. The van der Waals surface area contributed by atoms with E-state index in [2.05, 4.69) is 16.7 Å². The molecule has 2 heteroatoms. The molecule has 2 unspecified atom stereocenters. The summed E-state index contributed by atoms with van der Waals surface area (Å²) in [6, 6.07) is 2.74. The fraction of sp³-hybridized carbons (Fsp3) is 1.00. The molecule has 3 aliphatic rings. The van der Waals surface area contributed by atoms with Gasteiger partial charge in [0, 0.05) is 31.2 Å². The molecule has 86 valence electrons. The highest BCUT2D eigenvalue weighted by Crippen LogP contribution is 2.34. The normalized spacial score (nSPS) is 39.0. The third-order valence-corrected chi connectivity index (χ3v) is 4.57. The van der Waals surface area contributed by atoms with Crippen molar-refractivity contribution >= 4 is 0 Å². The van der Waals surface area contributed by atoms with Gasteiger partial charge in [-0.3, -0.25) is 9.80 Å². The van der Waals surface area contributed by atoms with Gasteiger partial charge in [0.15, 0.2) is 0 Å². The number of nitrogens with zero attached hydrogens (tertiary/aromatic N) is 2. The molecule has 2 heterocycles. The summed E-state index contributed by atoms with van der Waals surface area (Å²) >= 11 is 0. The van der Waals surface area contributed by atoms with Crippen molar-refractivity contribution in [3.8, 4) is 0 Å². The second kappa shape index (κ2) is 4.06. The maximum atomic E-state index is 2.84. The highest BCUT2D eigenvalue weighted by molar-refractivity contribution is 4.96. The second-order valence-electron chi connectivity index (χ2n) is 5.63. The molecule has 2 aliphatic heterocycles. The molecule has 0 bridgehead atoms. The highest BCUT2D eigenvalue weighted by atomic mass is 15.3. The lowest BCUT2D eigenvalue weighted by Gasteiger charge is -2.48. The number of hydrogen-bond donors (Lipinski definition) is 0. The number of rotatable bonds is 2.